The Bertz CT molecular complexity index is 706. The number of nitrogens with zero attached hydrogens (tertiary/aromatic N) is 1. The highest BCUT2D eigenvalue weighted by molar-refractivity contribution is 7.91. The second-order valence-corrected chi connectivity index (χ2v) is 9.36. The molecule has 0 aromatic heterocycles. The van der Waals surface area contributed by atoms with Crippen molar-refractivity contribution in [1.82, 2.24) is 10.2 Å². The first kappa shape index (κ1) is 19.3. The van der Waals surface area contributed by atoms with Gasteiger partial charge in [0.1, 0.15) is 0 Å². The number of carbonyl (C=O) groups excluding carboxylic acids is 1. The molecule has 6 nitrogen and oxygen atoms in total. The van der Waals surface area contributed by atoms with E-state index in [2.05, 4.69) is 5.32 Å². The van der Waals surface area contributed by atoms with Crippen molar-refractivity contribution in [3.63, 3.8) is 0 Å². The Hall–Kier alpha value is -1.44. The molecular formula is C19H28N2O4S. The van der Waals surface area contributed by atoms with E-state index in [1.54, 1.807) is 12.1 Å². The zero-order valence-electron chi connectivity index (χ0n) is 15.3. The number of nitrogens with one attached hydrogen (secondary N) is 1. The van der Waals surface area contributed by atoms with Crippen molar-refractivity contribution in [3.05, 3.63) is 29.8 Å². The molecule has 2 fully saturated rings. The van der Waals surface area contributed by atoms with E-state index < -0.39 is 9.84 Å². The van der Waals surface area contributed by atoms with E-state index in [1.807, 2.05) is 4.90 Å². The molecule has 1 aromatic rings. The average molecular weight is 381 g/mol. The van der Waals surface area contributed by atoms with Crippen LogP contribution in [0.15, 0.2) is 29.2 Å². The molecular weight excluding hydrogens is 352 g/mol. The van der Waals surface area contributed by atoms with Crippen LogP contribution in [0, 0.1) is 5.92 Å². The monoisotopic (exact) mass is 380 g/mol. The Morgan fingerprint density at radius 1 is 1.15 bits per heavy atom. The maximum atomic E-state index is 12.7. The summed E-state index contributed by atoms with van der Waals surface area (Å²) < 4.78 is 29.1. The topological polar surface area (TPSA) is 75.7 Å². The molecule has 1 saturated carbocycles. The van der Waals surface area contributed by atoms with E-state index in [0.29, 0.717) is 11.6 Å². The number of methoxy groups -OCH3 is 1. The van der Waals surface area contributed by atoms with Crippen molar-refractivity contribution >= 4 is 15.7 Å². The molecule has 1 heterocycles. The second-order valence-electron chi connectivity index (χ2n) is 7.25. The van der Waals surface area contributed by atoms with Gasteiger partial charge >= 0.3 is 0 Å². The SMILES string of the molecule is COCCS(=O)(=O)c1ccc(C(=O)N2CCC(NCC3CC3)CC2)cc1. The zero-order chi connectivity index (χ0) is 18.6. The molecule has 1 aromatic carbocycles. The molecule has 1 amide bonds. The molecule has 26 heavy (non-hydrogen) atoms. The number of likely N-dealkylation sites (tertiary alicyclic amines) is 1. The van der Waals surface area contributed by atoms with Crippen LogP contribution in [0.5, 0.6) is 0 Å². The van der Waals surface area contributed by atoms with Crippen LogP contribution in [0.25, 0.3) is 0 Å². The third-order valence-electron chi connectivity index (χ3n) is 5.19. The maximum absolute atomic E-state index is 12.7. The number of sulfone groups is 1. The Morgan fingerprint density at radius 2 is 1.81 bits per heavy atom. The zero-order valence-corrected chi connectivity index (χ0v) is 16.1. The van der Waals surface area contributed by atoms with Crippen LogP contribution < -0.4 is 5.32 Å². The van der Waals surface area contributed by atoms with E-state index in [0.717, 1.165) is 38.4 Å². The van der Waals surface area contributed by atoms with Gasteiger partial charge in [-0.3, -0.25) is 4.79 Å². The molecule has 0 unspecified atom stereocenters. The molecule has 1 aliphatic heterocycles. The minimum atomic E-state index is -3.36. The molecule has 1 N–H and O–H groups in total. The first-order valence-electron chi connectivity index (χ1n) is 9.34. The summed E-state index contributed by atoms with van der Waals surface area (Å²) in [7, 11) is -1.89. The van der Waals surface area contributed by atoms with Crippen molar-refractivity contribution in [2.24, 2.45) is 5.92 Å². The summed E-state index contributed by atoms with van der Waals surface area (Å²) in [4.78, 5) is 14.7. The van der Waals surface area contributed by atoms with Gasteiger partial charge in [0, 0.05) is 31.8 Å². The molecule has 1 aliphatic carbocycles. The third-order valence-corrected chi connectivity index (χ3v) is 6.89. The van der Waals surface area contributed by atoms with Gasteiger partial charge in [0.15, 0.2) is 9.84 Å². The number of hydrogen-bond donors (Lipinski definition) is 1. The van der Waals surface area contributed by atoms with Crippen molar-refractivity contribution in [3.8, 4) is 0 Å². The lowest BCUT2D eigenvalue weighted by molar-refractivity contribution is 0.0705. The smallest absolute Gasteiger partial charge is 0.253 e. The van der Waals surface area contributed by atoms with Crippen LogP contribution >= 0.6 is 0 Å². The fourth-order valence-electron chi connectivity index (χ4n) is 3.24. The van der Waals surface area contributed by atoms with E-state index in [1.165, 1.54) is 32.1 Å². The number of ether oxygens (including phenoxy) is 1. The highest BCUT2D eigenvalue weighted by Gasteiger charge is 2.26. The number of rotatable bonds is 8. The molecule has 3 rings (SSSR count). The van der Waals surface area contributed by atoms with Crippen LogP contribution in [0.4, 0.5) is 0 Å². The maximum Gasteiger partial charge on any atom is 0.253 e. The number of amides is 1. The molecule has 0 radical (unpaired) electrons. The molecule has 1 saturated heterocycles. The largest absolute Gasteiger partial charge is 0.384 e. The van der Waals surface area contributed by atoms with E-state index in [9.17, 15) is 13.2 Å². The van der Waals surface area contributed by atoms with Gasteiger partial charge < -0.3 is 15.0 Å². The second kappa shape index (κ2) is 8.50. The Labute approximate surface area is 155 Å². The fraction of sp³-hybridized carbons (Fsp3) is 0.632. The summed E-state index contributed by atoms with van der Waals surface area (Å²) >= 11 is 0. The Kier molecular flexibility index (Phi) is 6.32. The first-order chi connectivity index (χ1) is 12.5. The van der Waals surface area contributed by atoms with Gasteiger partial charge in [-0.2, -0.15) is 0 Å². The van der Waals surface area contributed by atoms with Gasteiger partial charge in [0.05, 0.1) is 17.3 Å². The highest BCUT2D eigenvalue weighted by atomic mass is 32.2. The van der Waals surface area contributed by atoms with Crippen LogP contribution in [-0.2, 0) is 14.6 Å². The predicted molar refractivity (Wildman–Crippen MR) is 100 cm³/mol. The van der Waals surface area contributed by atoms with Crippen LogP contribution in [0.1, 0.15) is 36.0 Å². The van der Waals surface area contributed by atoms with Gasteiger partial charge in [-0.05, 0) is 62.4 Å². The van der Waals surface area contributed by atoms with Crippen LogP contribution in [-0.4, -0.2) is 64.4 Å². The lowest BCUT2D eigenvalue weighted by Crippen LogP contribution is -2.45. The van der Waals surface area contributed by atoms with Gasteiger partial charge in [-0.1, -0.05) is 0 Å². The van der Waals surface area contributed by atoms with Gasteiger partial charge in [-0.25, -0.2) is 8.42 Å². The van der Waals surface area contributed by atoms with Crippen LogP contribution in [0.3, 0.4) is 0 Å². The normalized spacial score (nSPS) is 18.9. The Morgan fingerprint density at radius 3 is 2.38 bits per heavy atom. The number of carbonyl (C=O) groups is 1. The summed E-state index contributed by atoms with van der Waals surface area (Å²) in [5.41, 5.74) is 0.542. The van der Waals surface area contributed by atoms with Crippen molar-refractivity contribution < 1.29 is 17.9 Å². The lowest BCUT2D eigenvalue weighted by atomic mass is 10.0. The van der Waals surface area contributed by atoms with Crippen LogP contribution in [0.2, 0.25) is 0 Å². The summed E-state index contributed by atoms with van der Waals surface area (Å²) in [6.45, 7) is 2.76. The predicted octanol–water partition coefficient (Wildman–Crippen LogP) is 1.71. The lowest BCUT2D eigenvalue weighted by Gasteiger charge is -2.32. The van der Waals surface area contributed by atoms with E-state index >= 15 is 0 Å². The summed E-state index contributed by atoms with van der Waals surface area (Å²) in [6.07, 6.45) is 4.65. The number of benzene rings is 1. The summed E-state index contributed by atoms with van der Waals surface area (Å²) in [5.74, 6) is 0.790. The Balaban J connectivity index is 1.53. The van der Waals surface area contributed by atoms with Gasteiger partial charge in [0.2, 0.25) is 0 Å². The van der Waals surface area contributed by atoms with Gasteiger partial charge in [0.25, 0.3) is 5.91 Å². The minimum absolute atomic E-state index is 0.0218. The standard InChI is InChI=1S/C19H28N2O4S/c1-25-12-13-26(23,24)18-6-4-16(5-7-18)19(22)21-10-8-17(9-11-21)20-14-15-2-3-15/h4-7,15,17,20H,2-3,8-14H2,1H3. The van der Waals surface area contributed by atoms with Crippen molar-refractivity contribution in [2.45, 2.75) is 36.6 Å². The van der Waals surface area contributed by atoms with E-state index in [4.69, 9.17) is 4.74 Å². The first-order valence-corrected chi connectivity index (χ1v) is 11.0. The average Bonchev–Trinajstić information content (AvgIpc) is 3.49. The molecule has 0 atom stereocenters. The summed E-state index contributed by atoms with van der Waals surface area (Å²) in [5, 5.41) is 3.61. The number of piperidine rings is 1. The van der Waals surface area contributed by atoms with E-state index in [-0.39, 0.29) is 23.2 Å². The highest BCUT2D eigenvalue weighted by Crippen LogP contribution is 2.28. The quantitative estimate of drug-likeness (QED) is 0.743. The molecule has 0 bridgehead atoms. The minimum Gasteiger partial charge on any atom is -0.384 e. The molecule has 2 aliphatic rings. The third kappa shape index (κ3) is 5.05. The molecule has 144 valence electrons. The molecule has 7 heteroatoms. The number of hydrogen-bond acceptors (Lipinski definition) is 5. The molecule has 0 spiro atoms. The summed E-state index contributed by atoms with van der Waals surface area (Å²) in [6, 6.07) is 6.76. The van der Waals surface area contributed by atoms with Crippen molar-refractivity contribution in [1.29, 1.82) is 0 Å². The van der Waals surface area contributed by atoms with Gasteiger partial charge in [-0.15, -0.1) is 0 Å². The fourth-order valence-corrected chi connectivity index (χ4v) is 4.41. The van der Waals surface area contributed by atoms with Crippen molar-refractivity contribution in [2.75, 3.05) is 39.1 Å².